The van der Waals surface area contributed by atoms with E-state index in [2.05, 4.69) is 43.9 Å². The van der Waals surface area contributed by atoms with Gasteiger partial charge in [0.05, 0.1) is 0 Å². The average molecular weight is 361 g/mol. The van der Waals surface area contributed by atoms with Crippen LogP contribution in [0.3, 0.4) is 0 Å². The molecule has 0 saturated carbocycles. The lowest BCUT2D eigenvalue weighted by molar-refractivity contribution is 0.568. The lowest BCUT2D eigenvalue weighted by Crippen LogP contribution is -2.25. The highest BCUT2D eigenvalue weighted by atomic mass is 15.1. The molecule has 26 heavy (non-hydrogen) atoms. The van der Waals surface area contributed by atoms with E-state index in [0.29, 0.717) is 0 Å². The summed E-state index contributed by atoms with van der Waals surface area (Å²) in [6, 6.07) is 6.55. The molecule has 0 unspecified atom stereocenters. The summed E-state index contributed by atoms with van der Waals surface area (Å²) in [5.41, 5.74) is 9.49. The molecular formula is C24H44N2. The third kappa shape index (κ3) is 10.1. The second-order valence-corrected chi connectivity index (χ2v) is 7.92. The molecule has 2 nitrogen and oxygen atoms in total. The van der Waals surface area contributed by atoms with E-state index in [4.69, 9.17) is 5.73 Å². The smallest absolute Gasteiger partial charge is 0.0370 e. The lowest BCUT2D eigenvalue weighted by atomic mass is 10.1. The number of rotatable bonds is 16. The summed E-state index contributed by atoms with van der Waals surface area (Å²) in [6.07, 6.45) is 17.8. The summed E-state index contributed by atoms with van der Waals surface area (Å²) in [5.74, 6) is 0. The SMILES string of the molecule is CCCCCCCCCN(CCCCCCCC)c1ccc(N)c(C)c1. The lowest BCUT2D eigenvalue weighted by Gasteiger charge is -2.26. The van der Waals surface area contributed by atoms with Gasteiger partial charge in [-0.05, 0) is 43.5 Å². The topological polar surface area (TPSA) is 29.3 Å². The molecule has 0 atom stereocenters. The van der Waals surface area contributed by atoms with Crippen molar-refractivity contribution in [2.24, 2.45) is 0 Å². The van der Waals surface area contributed by atoms with Gasteiger partial charge in [-0.15, -0.1) is 0 Å². The van der Waals surface area contributed by atoms with Gasteiger partial charge in [0.25, 0.3) is 0 Å². The molecule has 0 amide bonds. The molecule has 0 saturated heterocycles. The molecule has 1 rings (SSSR count). The van der Waals surface area contributed by atoms with Crippen LogP contribution in [0.4, 0.5) is 11.4 Å². The molecule has 150 valence electrons. The maximum atomic E-state index is 6.02. The van der Waals surface area contributed by atoms with Crippen LogP contribution in [0.2, 0.25) is 0 Å². The molecule has 0 fully saturated rings. The van der Waals surface area contributed by atoms with Crippen molar-refractivity contribution in [2.75, 3.05) is 23.7 Å². The van der Waals surface area contributed by atoms with Crippen LogP contribution in [-0.4, -0.2) is 13.1 Å². The highest BCUT2D eigenvalue weighted by molar-refractivity contribution is 5.58. The Balaban J connectivity index is 2.41. The normalized spacial score (nSPS) is 11.0. The summed E-state index contributed by atoms with van der Waals surface area (Å²) in [4.78, 5) is 2.60. The average Bonchev–Trinajstić information content (AvgIpc) is 2.64. The minimum absolute atomic E-state index is 0.907. The molecule has 2 N–H and O–H groups in total. The highest BCUT2D eigenvalue weighted by Gasteiger charge is 2.08. The number of aryl methyl sites for hydroxylation is 1. The summed E-state index contributed by atoms with van der Waals surface area (Å²) < 4.78 is 0. The zero-order chi connectivity index (χ0) is 19.0. The maximum Gasteiger partial charge on any atom is 0.0370 e. The molecule has 0 bridgehead atoms. The zero-order valence-electron chi connectivity index (χ0n) is 17.9. The largest absolute Gasteiger partial charge is 0.399 e. The van der Waals surface area contributed by atoms with Gasteiger partial charge in [0, 0.05) is 24.5 Å². The fraction of sp³-hybridized carbons (Fsp3) is 0.750. The maximum absolute atomic E-state index is 6.02. The van der Waals surface area contributed by atoms with E-state index in [1.165, 1.54) is 108 Å². The summed E-state index contributed by atoms with van der Waals surface area (Å²) in [7, 11) is 0. The fourth-order valence-corrected chi connectivity index (χ4v) is 3.57. The third-order valence-electron chi connectivity index (χ3n) is 5.43. The van der Waals surface area contributed by atoms with E-state index in [1.807, 2.05) is 0 Å². The number of nitrogens with zero attached hydrogens (tertiary/aromatic N) is 1. The number of unbranched alkanes of at least 4 members (excludes halogenated alkanes) is 11. The van der Waals surface area contributed by atoms with Crippen molar-refractivity contribution in [3.05, 3.63) is 23.8 Å². The van der Waals surface area contributed by atoms with E-state index < -0.39 is 0 Å². The molecule has 0 radical (unpaired) electrons. The van der Waals surface area contributed by atoms with Crippen LogP contribution in [0, 0.1) is 6.92 Å². The van der Waals surface area contributed by atoms with Crippen LogP contribution in [-0.2, 0) is 0 Å². The number of nitrogens with two attached hydrogens (primary N) is 1. The first-order chi connectivity index (χ1) is 12.7. The van der Waals surface area contributed by atoms with Gasteiger partial charge in [-0.1, -0.05) is 84.5 Å². The van der Waals surface area contributed by atoms with E-state index >= 15 is 0 Å². The van der Waals surface area contributed by atoms with Crippen LogP contribution in [0.25, 0.3) is 0 Å². The Kier molecular flexibility index (Phi) is 13.1. The van der Waals surface area contributed by atoms with Gasteiger partial charge < -0.3 is 10.6 Å². The molecule has 0 aliphatic rings. The Morgan fingerprint density at radius 1 is 0.692 bits per heavy atom. The Bertz CT molecular complexity index is 456. The minimum atomic E-state index is 0.907. The van der Waals surface area contributed by atoms with Crippen LogP contribution in [0.5, 0.6) is 0 Å². The van der Waals surface area contributed by atoms with E-state index in [-0.39, 0.29) is 0 Å². The van der Waals surface area contributed by atoms with Crippen molar-refractivity contribution in [2.45, 2.75) is 104 Å². The van der Waals surface area contributed by atoms with Gasteiger partial charge in [-0.3, -0.25) is 0 Å². The first-order valence-electron chi connectivity index (χ1n) is 11.3. The first kappa shape index (κ1) is 22.9. The second-order valence-electron chi connectivity index (χ2n) is 7.92. The van der Waals surface area contributed by atoms with E-state index in [9.17, 15) is 0 Å². The summed E-state index contributed by atoms with van der Waals surface area (Å²) >= 11 is 0. The van der Waals surface area contributed by atoms with Crippen molar-refractivity contribution in [1.29, 1.82) is 0 Å². The Hall–Kier alpha value is -1.18. The number of nitrogen functional groups attached to an aromatic ring is 1. The van der Waals surface area contributed by atoms with Gasteiger partial charge in [-0.2, -0.15) is 0 Å². The van der Waals surface area contributed by atoms with Crippen molar-refractivity contribution < 1.29 is 0 Å². The molecule has 0 heterocycles. The minimum Gasteiger partial charge on any atom is -0.399 e. The predicted molar refractivity (Wildman–Crippen MR) is 119 cm³/mol. The van der Waals surface area contributed by atoms with Crippen molar-refractivity contribution in [3.8, 4) is 0 Å². The molecule has 1 aromatic carbocycles. The molecular weight excluding hydrogens is 316 g/mol. The number of hydrogen-bond acceptors (Lipinski definition) is 2. The number of hydrogen-bond donors (Lipinski definition) is 1. The fourth-order valence-electron chi connectivity index (χ4n) is 3.57. The summed E-state index contributed by atoms with van der Waals surface area (Å²) in [5, 5.41) is 0. The summed E-state index contributed by atoms with van der Waals surface area (Å²) in [6.45, 7) is 9.06. The molecule has 2 heteroatoms. The van der Waals surface area contributed by atoms with E-state index in [0.717, 1.165) is 5.69 Å². The predicted octanol–water partition coefficient (Wildman–Crippen LogP) is 7.49. The van der Waals surface area contributed by atoms with Crippen LogP contribution >= 0.6 is 0 Å². The zero-order valence-corrected chi connectivity index (χ0v) is 17.9. The quantitative estimate of drug-likeness (QED) is 0.244. The third-order valence-corrected chi connectivity index (χ3v) is 5.43. The molecule has 0 aromatic heterocycles. The van der Waals surface area contributed by atoms with Gasteiger partial charge in [0.2, 0.25) is 0 Å². The number of benzene rings is 1. The van der Waals surface area contributed by atoms with E-state index in [1.54, 1.807) is 0 Å². The standard InChI is InChI=1S/C24H44N2/c1-4-6-8-10-12-14-16-20-26(19-15-13-11-9-7-5-2)23-17-18-24(25)22(3)21-23/h17-18,21H,4-16,19-20,25H2,1-3H3. The Morgan fingerprint density at radius 2 is 1.15 bits per heavy atom. The van der Waals surface area contributed by atoms with Crippen molar-refractivity contribution >= 4 is 11.4 Å². The molecule has 0 aliphatic heterocycles. The number of anilines is 2. The van der Waals surface area contributed by atoms with Crippen LogP contribution in [0.15, 0.2) is 18.2 Å². The molecule has 0 aliphatic carbocycles. The monoisotopic (exact) mass is 360 g/mol. The first-order valence-corrected chi connectivity index (χ1v) is 11.3. The Morgan fingerprint density at radius 3 is 1.62 bits per heavy atom. The van der Waals surface area contributed by atoms with Gasteiger partial charge in [0.1, 0.15) is 0 Å². The van der Waals surface area contributed by atoms with Gasteiger partial charge in [-0.25, -0.2) is 0 Å². The molecule has 1 aromatic rings. The van der Waals surface area contributed by atoms with Crippen LogP contribution < -0.4 is 10.6 Å². The Labute approximate surface area is 163 Å². The van der Waals surface area contributed by atoms with Crippen molar-refractivity contribution in [1.82, 2.24) is 0 Å². The van der Waals surface area contributed by atoms with Gasteiger partial charge in [0.15, 0.2) is 0 Å². The molecule has 0 spiro atoms. The van der Waals surface area contributed by atoms with Crippen molar-refractivity contribution in [3.63, 3.8) is 0 Å². The highest BCUT2D eigenvalue weighted by Crippen LogP contribution is 2.22. The second kappa shape index (κ2) is 14.9. The van der Waals surface area contributed by atoms with Gasteiger partial charge >= 0.3 is 0 Å². The van der Waals surface area contributed by atoms with Crippen LogP contribution in [0.1, 0.15) is 103 Å².